The number of amides is 1. The number of hydrogen-bond acceptors (Lipinski definition) is 4. The van der Waals surface area contributed by atoms with Gasteiger partial charge in [-0.3, -0.25) is 9.59 Å². The van der Waals surface area contributed by atoms with Gasteiger partial charge in [0, 0.05) is 19.0 Å². The van der Waals surface area contributed by atoms with Crippen molar-refractivity contribution in [3.63, 3.8) is 0 Å². The molecule has 0 aliphatic rings. The number of ether oxygens (including phenoxy) is 1. The summed E-state index contributed by atoms with van der Waals surface area (Å²) in [5.41, 5.74) is 0.731. The van der Waals surface area contributed by atoms with Crippen molar-refractivity contribution in [3.8, 4) is 5.75 Å². The molecule has 1 aromatic heterocycles. The molecule has 0 radical (unpaired) electrons. The van der Waals surface area contributed by atoms with E-state index >= 15 is 0 Å². The number of rotatable bonds is 6. The van der Waals surface area contributed by atoms with E-state index in [-0.39, 0.29) is 18.0 Å². The van der Waals surface area contributed by atoms with Crippen molar-refractivity contribution in [3.05, 3.63) is 70.6 Å². The predicted octanol–water partition coefficient (Wildman–Crippen LogP) is 2.45. The van der Waals surface area contributed by atoms with Gasteiger partial charge in [-0.05, 0) is 30.7 Å². The Kier molecular flexibility index (Phi) is 5.31. The minimum Gasteiger partial charge on any atom is -0.494 e. The molecule has 6 heteroatoms. The van der Waals surface area contributed by atoms with Crippen molar-refractivity contribution in [2.24, 2.45) is 0 Å². The molecule has 0 aliphatic heterocycles. The minimum atomic E-state index is -0.258. The first-order valence-electron chi connectivity index (χ1n) is 8.49. The van der Waals surface area contributed by atoms with E-state index < -0.39 is 0 Å². The van der Waals surface area contributed by atoms with Crippen LogP contribution in [0, 0.1) is 0 Å². The van der Waals surface area contributed by atoms with Crippen LogP contribution in [0.1, 0.15) is 12.5 Å². The molecule has 6 nitrogen and oxygen atoms in total. The number of likely N-dealkylation sites (N-methyl/N-ethyl adjacent to an activating group) is 1. The SMILES string of the molecule is CCOc1ccc(CN(C)C(=O)Cn2ncc3ccccc3c2=O)cc1. The molecule has 0 N–H and O–H groups in total. The Balaban J connectivity index is 1.69. The van der Waals surface area contributed by atoms with E-state index in [0.29, 0.717) is 18.5 Å². The molecule has 0 saturated heterocycles. The van der Waals surface area contributed by atoms with E-state index in [4.69, 9.17) is 4.74 Å². The molecule has 1 heterocycles. The van der Waals surface area contributed by atoms with E-state index in [0.717, 1.165) is 16.7 Å². The van der Waals surface area contributed by atoms with E-state index in [2.05, 4.69) is 5.10 Å². The Labute approximate surface area is 151 Å². The van der Waals surface area contributed by atoms with Crippen molar-refractivity contribution in [1.29, 1.82) is 0 Å². The van der Waals surface area contributed by atoms with Crippen molar-refractivity contribution in [1.82, 2.24) is 14.7 Å². The van der Waals surface area contributed by atoms with Crippen LogP contribution in [0.4, 0.5) is 0 Å². The number of benzene rings is 2. The van der Waals surface area contributed by atoms with Crippen LogP contribution in [-0.4, -0.2) is 34.2 Å². The predicted molar refractivity (Wildman–Crippen MR) is 100 cm³/mol. The Bertz CT molecular complexity index is 964. The van der Waals surface area contributed by atoms with Gasteiger partial charge in [-0.15, -0.1) is 0 Å². The van der Waals surface area contributed by atoms with Gasteiger partial charge < -0.3 is 9.64 Å². The summed E-state index contributed by atoms with van der Waals surface area (Å²) in [5.74, 6) is 0.626. The Morgan fingerprint density at radius 1 is 1.15 bits per heavy atom. The molecule has 0 spiro atoms. The molecule has 134 valence electrons. The Morgan fingerprint density at radius 2 is 1.88 bits per heavy atom. The highest BCUT2D eigenvalue weighted by molar-refractivity contribution is 5.81. The zero-order valence-corrected chi connectivity index (χ0v) is 14.9. The number of carbonyl (C=O) groups excluding carboxylic acids is 1. The van der Waals surface area contributed by atoms with Gasteiger partial charge in [-0.2, -0.15) is 5.10 Å². The van der Waals surface area contributed by atoms with Crippen molar-refractivity contribution >= 4 is 16.7 Å². The minimum absolute atomic E-state index is 0.0861. The fourth-order valence-electron chi connectivity index (χ4n) is 2.71. The second kappa shape index (κ2) is 7.82. The molecule has 0 aliphatic carbocycles. The van der Waals surface area contributed by atoms with Gasteiger partial charge in [0.15, 0.2) is 0 Å². The molecular formula is C20H21N3O3. The maximum Gasteiger partial charge on any atom is 0.275 e. The number of aromatic nitrogens is 2. The Morgan fingerprint density at radius 3 is 2.62 bits per heavy atom. The summed E-state index contributed by atoms with van der Waals surface area (Å²) in [7, 11) is 1.71. The molecule has 0 fully saturated rings. The highest BCUT2D eigenvalue weighted by Gasteiger charge is 2.13. The maximum absolute atomic E-state index is 12.5. The van der Waals surface area contributed by atoms with Crippen LogP contribution in [0.3, 0.4) is 0 Å². The zero-order valence-electron chi connectivity index (χ0n) is 14.9. The van der Waals surface area contributed by atoms with Crippen LogP contribution >= 0.6 is 0 Å². The fourth-order valence-corrected chi connectivity index (χ4v) is 2.71. The first kappa shape index (κ1) is 17.7. The van der Waals surface area contributed by atoms with Crippen LogP contribution < -0.4 is 10.3 Å². The van der Waals surface area contributed by atoms with Crippen LogP contribution in [0.2, 0.25) is 0 Å². The number of nitrogens with zero attached hydrogens (tertiary/aromatic N) is 3. The molecule has 3 rings (SSSR count). The molecule has 2 aromatic carbocycles. The van der Waals surface area contributed by atoms with Gasteiger partial charge in [0.1, 0.15) is 12.3 Å². The summed E-state index contributed by atoms with van der Waals surface area (Å²) < 4.78 is 6.62. The lowest BCUT2D eigenvalue weighted by atomic mass is 10.2. The topological polar surface area (TPSA) is 64.4 Å². The summed E-state index contributed by atoms with van der Waals surface area (Å²) in [6.45, 7) is 2.92. The lowest BCUT2D eigenvalue weighted by Crippen LogP contribution is -2.34. The van der Waals surface area contributed by atoms with Crippen molar-refractivity contribution in [2.75, 3.05) is 13.7 Å². The summed E-state index contributed by atoms with van der Waals surface area (Å²) in [6, 6.07) is 14.8. The lowest BCUT2D eigenvalue weighted by molar-refractivity contribution is -0.131. The zero-order chi connectivity index (χ0) is 18.5. The fraction of sp³-hybridized carbons (Fsp3) is 0.250. The Hall–Kier alpha value is -3.15. The second-order valence-electron chi connectivity index (χ2n) is 6.02. The number of carbonyl (C=O) groups is 1. The van der Waals surface area contributed by atoms with Crippen LogP contribution in [0.5, 0.6) is 5.75 Å². The lowest BCUT2D eigenvalue weighted by Gasteiger charge is -2.18. The molecule has 0 unspecified atom stereocenters. The maximum atomic E-state index is 12.5. The quantitative estimate of drug-likeness (QED) is 0.684. The molecule has 0 bridgehead atoms. The van der Waals surface area contributed by atoms with Gasteiger partial charge in [0.2, 0.25) is 5.91 Å². The highest BCUT2D eigenvalue weighted by Crippen LogP contribution is 2.13. The van der Waals surface area contributed by atoms with E-state index in [1.807, 2.05) is 43.3 Å². The summed E-state index contributed by atoms with van der Waals surface area (Å²) in [5, 5.41) is 5.44. The standard InChI is InChI=1S/C20H21N3O3/c1-3-26-17-10-8-15(9-11-17)13-22(2)19(24)14-23-20(25)18-7-5-4-6-16(18)12-21-23/h4-12H,3,13-14H2,1-2H3. The molecule has 26 heavy (non-hydrogen) atoms. The van der Waals surface area contributed by atoms with Crippen LogP contribution in [0.15, 0.2) is 59.5 Å². The van der Waals surface area contributed by atoms with Gasteiger partial charge in [-0.25, -0.2) is 4.68 Å². The van der Waals surface area contributed by atoms with E-state index in [9.17, 15) is 9.59 Å². The van der Waals surface area contributed by atoms with Gasteiger partial charge >= 0.3 is 0 Å². The summed E-state index contributed by atoms with van der Waals surface area (Å²) in [6.07, 6.45) is 1.61. The van der Waals surface area contributed by atoms with Gasteiger partial charge in [0.25, 0.3) is 5.56 Å². The largest absolute Gasteiger partial charge is 0.494 e. The third-order valence-corrected chi connectivity index (χ3v) is 4.13. The number of fused-ring (bicyclic) bond motifs is 1. The average molecular weight is 351 g/mol. The monoisotopic (exact) mass is 351 g/mol. The smallest absolute Gasteiger partial charge is 0.275 e. The van der Waals surface area contributed by atoms with E-state index in [1.165, 1.54) is 4.68 Å². The second-order valence-corrected chi connectivity index (χ2v) is 6.02. The molecule has 0 atom stereocenters. The van der Waals surface area contributed by atoms with Crippen molar-refractivity contribution < 1.29 is 9.53 Å². The first-order valence-corrected chi connectivity index (χ1v) is 8.49. The van der Waals surface area contributed by atoms with E-state index in [1.54, 1.807) is 30.3 Å². The normalized spacial score (nSPS) is 10.7. The van der Waals surface area contributed by atoms with Gasteiger partial charge in [0.05, 0.1) is 18.2 Å². The number of hydrogen-bond donors (Lipinski definition) is 0. The van der Waals surface area contributed by atoms with Gasteiger partial charge in [-0.1, -0.05) is 30.3 Å². The van der Waals surface area contributed by atoms with Crippen LogP contribution in [-0.2, 0) is 17.9 Å². The molecule has 0 saturated carbocycles. The molecule has 3 aromatic rings. The third-order valence-electron chi connectivity index (χ3n) is 4.13. The average Bonchev–Trinajstić information content (AvgIpc) is 2.66. The first-order chi connectivity index (χ1) is 12.6. The van der Waals surface area contributed by atoms with Crippen molar-refractivity contribution in [2.45, 2.75) is 20.0 Å². The third kappa shape index (κ3) is 3.91. The molecule has 1 amide bonds. The summed E-state index contributed by atoms with van der Waals surface area (Å²) in [4.78, 5) is 26.5. The summed E-state index contributed by atoms with van der Waals surface area (Å²) >= 11 is 0. The molecular weight excluding hydrogens is 330 g/mol. The van der Waals surface area contributed by atoms with Crippen LogP contribution in [0.25, 0.3) is 10.8 Å². The highest BCUT2D eigenvalue weighted by atomic mass is 16.5.